The molecule has 1 amide bonds. The first-order chi connectivity index (χ1) is 8.02. The van der Waals surface area contributed by atoms with Crippen molar-refractivity contribution in [3.8, 4) is 0 Å². The Morgan fingerprint density at radius 2 is 1.88 bits per heavy atom. The van der Waals surface area contributed by atoms with E-state index in [1.807, 2.05) is 0 Å². The van der Waals surface area contributed by atoms with Gasteiger partial charge in [0.2, 0.25) is 5.91 Å². The van der Waals surface area contributed by atoms with E-state index in [4.69, 9.17) is 5.73 Å². The van der Waals surface area contributed by atoms with Crippen molar-refractivity contribution in [3.05, 3.63) is 29.8 Å². The number of carbonyl (C=O) groups excluding carboxylic acids is 2. The molecule has 0 spiro atoms. The van der Waals surface area contributed by atoms with Gasteiger partial charge >= 0.3 is 5.97 Å². The Balaban J connectivity index is 2.54. The average molecular weight is 236 g/mol. The molecular weight excluding hydrogens is 220 g/mol. The molecule has 0 aliphatic heterocycles. The van der Waals surface area contributed by atoms with Gasteiger partial charge in [0, 0.05) is 12.7 Å². The predicted molar refractivity (Wildman–Crippen MR) is 64.2 cm³/mol. The number of carbonyl (C=O) groups is 2. The van der Waals surface area contributed by atoms with Crippen molar-refractivity contribution in [2.45, 2.75) is 6.42 Å². The van der Waals surface area contributed by atoms with Crippen LogP contribution in [0.3, 0.4) is 0 Å². The molecule has 0 aliphatic rings. The van der Waals surface area contributed by atoms with Crippen molar-refractivity contribution < 1.29 is 14.3 Å². The van der Waals surface area contributed by atoms with Gasteiger partial charge in [-0.2, -0.15) is 0 Å². The van der Waals surface area contributed by atoms with Gasteiger partial charge < -0.3 is 15.4 Å². The van der Waals surface area contributed by atoms with Crippen LogP contribution in [-0.2, 0) is 20.7 Å². The summed E-state index contributed by atoms with van der Waals surface area (Å²) in [6.07, 6.45) is 0.244. The zero-order chi connectivity index (χ0) is 12.8. The predicted octanol–water partition coefficient (Wildman–Crippen LogP) is 0.443. The maximum absolute atomic E-state index is 11.7. The molecule has 0 saturated heterocycles. The monoisotopic (exact) mass is 236 g/mol. The second-order valence-corrected chi connectivity index (χ2v) is 3.74. The minimum Gasteiger partial charge on any atom is -0.468 e. The first kappa shape index (κ1) is 13.0. The number of hydrogen-bond donors (Lipinski definition) is 1. The fraction of sp³-hybridized carbons (Fsp3) is 0.333. The molecule has 1 aromatic carbocycles. The van der Waals surface area contributed by atoms with Gasteiger partial charge in [0.15, 0.2) is 0 Å². The van der Waals surface area contributed by atoms with E-state index in [0.29, 0.717) is 5.69 Å². The van der Waals surface area contributed by atoms with Crippen LogP contribution in [0.4, 0.5) is 5.69 Å². The summed E-state index contributed by atoms with van der Waals surface area (Å²) in [5, 5.41) is 0. The van der Waals surface area contributed by atoms with E-state index >= 15 is 0 Å². The number of nitrogens with zero attached hydrogens (tertiary/aromatic N) is 1. The lowest BCUT2D eigenvalue weighted by Crippen LogP contribution is -2.33. The summed E-state index contributed by atoms with van der Waals surface area (Å²) in [4.78, 5) is 24.1. The van der Waals surface area contributed by atoms with E-state index in [0.717, 1.165) is 5.56 Å². The van der Waals surface area contributed by atoms with Gasteiger partial charge in [-0.15, -0.1) is 0 Å². The van der Waals surface area contributed by atoms with Crippen molar-refractivity contribution in [1.29, 1.82) is 0 Å². The third-order valence-corrected chi connectivity index (χ3v) is 2.35. The van der Waals surface area contributed by atoms with Crippen molar-refractivity contribution in [2.24, 2.45) is 0 Å². The summed E-state index contributed by atoms with van der Waals surface area (Å²) in [5.74, 6) is -0.571. The molecule has 0 bridgehead atoms. The lowest BCUT2D eigenvalue weighted by molar-refractivity contribution is -0.145. The number of methoxy groups -OCH3 is 1. The molecule has 1 aromatic rings. The van der Waals surface area contributed by atoms with E-state index in [1.54, 1.807) is 31.3 Å². The Morgan fingerprint density at radius 3 is 2.41 bits per heavy atom. The summed E-state index contributed by atoms with van der Waals surface area (Å²) in [7, 11) is 2.86. The lowest BCUT2D eigenvalue weighted by atomic mass is 10.1. The Hall–Kier alpha value is -2.04. The molecule has 0 atom stereocenters. The van der Waals surface area contributed by atoms with Crippen LogP contribution in [0.1, 0.15) is 5.56 Å². The molecule has 0 saturated carbocycles. The van der Waals surface area contributed by atoms with Crippen molar-refractivity contribution >= 4 is 17.6 Å². The quantitative estimate of drug-likeness (QED) is 0.608. The highest BCUT2D eigenvalue weighted by Crippen LogP contribution is 2.07. The topological polar surface area (TPSA) is 72.6 Å². The SMILES string of the molecule is COC(=O)CN(C)C(=O)Cc1ccc(N)cc1. The van der Waals surface area contributed by atoms with Gasteiger partial charge in [-0.05, 0) is 17.7 Å². The number of rotatable bonds is 4. The molecule has 2 N–H and O–H groups in total. The number of likely N-dealkylation sites (N-methyl/N-ethyl adjacent to an activating group) is 1. The Kier molecular flexibility index (Phi) is 4.51. The van der Waals surface area contributed by atoms with Crippen LogP contribution in [-0.4, -0.2) is 37.5 Å². The fourth-order valence-electron chi connectivity index (χ4n) is 1.29. The van der Waals surface area contributed by atoms with Gasteiger partial charge in [-0.3, -0.25) is 9.59 Å². The smallest absolute Gasteiger partial charge is 0.325 e. The summed E-state index contributed by atoms with van der Waals surface area (Å²) < 4.78 is 4.49. The minimum absolute atomic E-state index is 0.0374. The molecule has 0 heterocycles. The summed E-state index contributed by atoms with van der Waals surface area (Å²) in [5.41, 5.74) is 7.06. The van der Waals surface area contributed by atoms with Crippen molar-refractivity contribution in [2.75, 3.05) is 26.4 Å². The number of nitrogens with two attached hydrogens (primary N) is 1. The van der Waals surface area contributed by atoms with Crippen LogP contribution in [0.2, 0.25) is 0 Å². The summed E-state index contributed by atoms with van der Waals surface area (Å²) in [6.45, 7) is -0.0374. The number of benzene rings is 1. The minimum atomic E-state index is -0.432. The summed E-state index contributed by atoms with van der Waals surface area (Å²) >= 11 is 0. The van der Waals surface area contributed by atoms with Gasteiger partial charge in [-0.1, -0.05) is 12.1 Å². The highest BCUT2D eigenvalue weighted by molar-refractivity contribution is 5.83. The molecule has 1 rings (SSSR count). The van der Waals surface area contributed by atoms with Gasteiger partial charge in [0.25, 0.3) is 0 Å². The number of hydrogen-bond acceptors (Lipinski definition) is 4. The van der Waals surface area contributed by atoms with Crippen LogP contribution < -0.4 is 5.73 Å². The third-order valence-electron chi connectivity index (χ3n) is 2.35. The van der Waals surface area contributed by atoms with E-state index in [1.165, 1.54) is 12.0 Å². The first-order valence-electron chi connectivity index (χ1n) is 5.18. The maximum Gasteiger partial charge on any atom is 0.325 e. The van der Waals surface area contributed by atoms with Crippen LogP contribution in [0.5, 0.6) is 0 Å². The van der Waals surface area contributed by atoms with Crippen LogP contribution in [0, 0.1) is 0 Å². The number of anilines is 1. The number of ether oxygens (including phenoxy) is 1. The molecule has 5 heteroatoms. The normalized spacial score (nSPS) is 9.76. The molecule has 0 fully saturated rings. The first-order valence-corrected chi connectivity index (χ1v) is 5.18. The van der Waals surface area contributed by atoms with Gasteiger partial charge in [0.1, 0.15) is 6.54 Å². The van der Waals surface area contributed by atoms with E-state index < -0.39 is 5.97 Å². The van der Waals surface area contributed by atoms with E-state index in [2.05, 4.69) is 4.74 Å². The average Bonchev–Trinajstić information content (AvgIpc) is 2.31. The van der Waals surface area contributed by atoms with E-state index in [-0.39, 0.29) is 18.9 Å². The summed E-state index contributed by atoms with van der Waals surface area (Å²) in [6, 6.07) is 7.06. The largest absolute Gasteiger partial charge is 0.468 e. The Bertz CT molecular complexity index is 401. The van der Waals surface area contributed by atoms with Crippen molar-refractivity contribution in [1.82, 2.24) is 4.90 Å². The Labute approximate surface area is 100 Å². The van der Waals surface area contributed by atoms with Crippen LogP contribution in [0.15, 0.2) is 24.3 Å². The molecule has 0 aromatic heterocycles. The molecule has 0 radical (unpaired) electrons. The van der Waals surface area contributed by atoms with Crippen LogP contribution in [0.25, 0.3) is 0 Å². The maximum atomic E-state index is 11.7. The highest BCUT2D eigenvalue weighted by atomic mass is 16.5. The highest BCUT2D eigenvalue weighted by Gasteiger charge is 2.13. The molecule has 17 heavy (non-hydrogen) atoms. The second kappa shape index (κ2) is 5.89. The molecule has 0 aliphatic carbocycles. The number of amides is 1. The number of nitrogen functional groups attached to an aromatic ring is 1. The second-order valence-electron chi connectivity index (χ2n) is 3.74. The zero-order valence-electron chi connectivity index (χ0n) is 9.97. The molecule has 0 unspecified atom stereocenters. The molecule has 92 valence electrons. The van der Waals surface area contributed by atoms with Gasteiger partial charge in [-0.25, -0.2) is 0 Å². The Morgan fingerprint density at radius 1 is 1.29 bits per heavy atom. The number of esters is 1. The standard InChI is InChI=1S/C12H16N2O3/c1-14(8-12(16)17-2)11(15)7-9-3-5-10(13)6-4-9/h3-6H,7-8,13H2,1-2H3. The third kappa shape index (κ3) is 4.14. The van der Waals surface area contributed by atoms with Gasteiger partial charge in [0.05, 0.1) is 13.5 Å². The van der Waals surface area contributed by atoms with Crippen LogP contribution >= 0.6 is 0 Å². The fourth-order valence-corrected chi connectivity index (χ4v) is 1.29. The van der Waals surface area contributed by atoms with E-state index in [9.17, 15) is 9.59 Å². The zero-order valence-corrected chi connectivity index (χ0v) is 9.97. The molecule has 5 nitrogen and oxygen atoms in total. The van der Waals surface area contributed by atoms with Crippen molar-refractivity contribution in [3.63, 3.8) is 0 Å². The lowest BCUT2D eigenvalue weighted by Gasteiger charge is -2.15. The molecular formula is C12H16N2O3.